The Kier molecular flexibility index (Phi) is 3.45. The van der Waals surface area contributed by atoms with Crippen molar-refractivity contribution in [2.24, 2.45) is 0 Å². The number of fused-ring (bicyclic) bond motifs is 1. The van der Waals surface area contributed by atoms with E-state index in [0.717, 1.165) is 22.3 Å². The normalized spacial score (nSPS) is 12.1. The number of imidazole rings is 1. The Morgan fingerprint density at radius 1 is 1.10 bits per heavy atom. The molecule has 0 saturated carbocycles. The van der Waals surface area contributed by atoms with Crippen LogP contribution < -0.4 is 0 Å². The molecule has 3 rings (SSSR count). The minimum atomic E-state index is 1.02. The van der Waals surface area contributed by atoms with E-state index in [2.05, 4.69) is 63.6 Å². The number of aromatic nitrogens is 2. The monoisotopic (exact) mass is 326 g/mol. The predicted molar refractivity (Wildman–Crippen MR) is 88.0 cm³/mol. The lowest BCUT2D eigenvalue weighted by atomic mass is 10.1. The molecule has 0 unspecified atom stereocenters. The van der Waals surface area contributed by atoms with Gasteiger partial charge in [-0.1, -0.05) is 46.3 Å². The molecule has 0 aliphatic carbocycles. The molecule has 3 heteroatoms. The summed E-state index contributed by atoms with van der Waals surface area (Å²) in [6, 6.07) is 14.6. The van der Waals surface area contributed by atoms with E-state index in [0.29, 0.717) is 0 Å². The van der Waals surface area contributed by atoms with Gasteiger partial charge in [-0.05, 0) is 42.7 Å². The SMILES string of the molecule is Cc1cc2ncn(C(=CBr)c3ccccc3)c2cc1C. The first-order valence-corrected chi connectivity index (χ1v) is 7.43. The molecule has 0 bridgehead atoms. The van der Waals surface area contributed by atoms with Crippen molar-refractivity contribution < 1.29 is 0 Å². The van der Waals surface area contributed by atoms with E-state index in [1.54, 1.807) is 0 Å². The van der Waals surface area contributed by atoms with Crippen molar-refractivity contribution in [3.63, 3.8) is 0 Å². The van der Waals surface area contributed by atoms with Gasteiger partial charge in [-0.2, -0.15) is 0 Å². The molecule has 1 aromatic heterocycles. The van der Waals surface area contributed by atoms with Crippen molar-refractivity contribution in [3.05, 3.63) is 70.5 Å². The van der Waals surface area contributed by atoms with E-state index >= 15 is 0 Å². The topological polar surface area (TPSA) is 17.8 Å². The summed E-state index contributed by atoms with van der Waals surface area (Å²) in [5, 5.41) is 0. The Morgan fingerprint density at radius 2 is 1.80 bits per heavy atom. The van der Waals surface area contributed by atoms with Crippen LogP contribution in [0.1, 0.15) is 16.7 Å². The van der Waals surface area contributed by atoms with Gasteiger partial charge in [0.05, 0.1) is 16.7 Å². The van der Waals surface area contributed by atoms with Crippen molar-refractivity contribution in [2.45, 2.75) is 13.8 Å². The maximum atomic E-state index is 4.52. The number of halogens is 1. The van der Waals surface area contributed by atoms with Gasteiger partial charge in [0.25, 0.3) is 0 Å². The molecule has 0 amide bonds. The zero-order valence-corrected chi connectivity index (χ0v) is 13.1. The van der Waals surface area contributed by atoms with Crippen LogP contribution in [0.5, 0.6) is 0 Å². The summed E-state index contributed by atoms with van der Waals surface area (Å²) in [5.41, 5.74) is 6.94. The Labute approximate surface area is 126 Å². The van der Waals surface area contributed by atoms with Gasteiger partial charge in [-0.25, -0.2) is 4.98 Å². The number of hydrogen-bond acceptors (Lipinski definition) is 1. The lowest BCUT2D eigenvalue weighted by Crippen LogP contribution is -1.97. The maximum absolute atomic E-state index is 4.52. The average Bonchev–Trinajstić information content (AvgIpc) is 2.85. The first kappa shape index (κ1) is 13.1. The van der Waals surface area contributed by atoms with Gasteiger partial charge in [0, 0.05) is 4.99 Å². The van der Waals surface area contributed by atoms with Gasteiger partial charge < -0.3 is 0 Å². The first-order chi connectivity index (χ1) is 9.70. The van der Waals surface area contributed by atoms with E-state index in [1.807, 2.05) is 29.5 Å². The van der Waals surface area contributed by atoms with Crippen LogP contribution in [0.15, 0.2) is 53.8 Å². The summed E-state index contributed by atoms with van der Waals surface area (Å²) in [5.74, 6) is 0. The van der Waals surface area contributed by atoms with Gasteiger partial charge in [-0.3, -0.25) is 4.57 Å². The molecule has 0 fully saturated rings. The zero-order chi connectivity index (χ0) is 14.1. The van der Waals surface area contributed by atoms with Crippen molar-refractivity contribution in [2.75, 3.05) is 0 Å². The van der Waals surface area contributed by atoms with Crippen LogP contribution >= 0.6 is 15.9 Å². The molecule has 0 saturated heterocycles. The Bertz CT molecular complexity index is 785. The van der Waals surface area contributed by atoms with Crippen LogP contribution in [0.4, 0.5) is 0 Å². The van der Waals surface area contributed by atoms with Gasteiger partial charge >= 0.3 is 0 Å². The van der Waals surface area contributed by atoms with Crippen molar-refractivity contribution in [1.29, 1.82) is 0 Å². The minimum absolute atomic E-state index is 1.02. The molecule has 3 aromatic rings. The van der Waals surface area contributed by atoms with Gasteiger partial charge in [0.1, 0.15) is 6.33 Å². The number of aryl methyl sites for hydroxylation is 2. The molecule has 0 N–H and O–H groups in total. The van der Waals surface area contributed by atoms with Gasteiger partial charge in [-0.15, -0.1) is 0 Å². The average molecular weight is 327 g/mol. The standard InChI is InChI=1S/C17H15BrN2/c1-12-8-15-16(9-13(12)2)20(11-19-15)17(10-18)14-6-4-3-5-7-14/h3-11H,1-2H3. The first-order valence-electron chi connectivity index (χ1n) is 6.51. The molecule has 2 aromatic carbocycles. The molecule has 0 atom stereocenters. The second-order valence-corrected chi connectivity index (χ2v) is 5.36. The summed E-state index contributed by atoms with van der Waals surface area (Å²) in [4.78, 5) is 6.46. The Balaban J connectivity index is 2.21. The van der Waals surface area contributed by atoms with E-state index in [1.165, 1.54) is 11.1 Å². The molecule has 20 heavy (non-hydrogen) atoms. The maximum Gasteiger partial charge on any atom is 0.100 e. The third kappa shape index (κ3) is 2.18. The van der Waals surface area contributed by atoms with Crippen LogP contribution in [0.25, 0.3) is 16.7 Å². The molecule has 2 nitrogen and oxygen atoms in total. The highest BCUT2D eigenvalue weighted by atomic mass is 79.9. The van der Waals surface area contributed by atoms with Crippen LogP contribution in [0.2, 0.25) is 0 Å². The quantitative estimate of drug-likeness (QED) is 0.655. The molecule has 0 aliphatic rings. The van der Waals surface area contributed by atoms with E-state index in [4.69, 9.17) is 0 Å². The number of rotatable bonds is 2. The smallest absolute Gasteiger partial charge is 0.100 e. The molecular formula is C17H15BrN2. The van der Waals surface area contributed by atoms with Crippen LogP contribution in [0, 0.1) is 13.8 Å². The largest absolute Gasteiger partial charge is 0.298 e. The molecule has 100 valence electrons. The van der Waals surface area contributed by atoms with Crippen LogP contribution in [0.3, 0.4) is 0 Å². The summed E-state index contributed by atoms with van der Waals surface area (Å²) >= 11 is 3.48. The third-order valence-electron chi connectivity index (χ3n) is 3.60. The highest BCUT2D eigenvalue weighted by Gasteiger charge is 2.09. The highest BCUT2D eigenvalue weighted by Crippen LogP contribution is 2.25. The summed E-state index contributed by atoms with van der Waals surface area (Å²) in [6.45, 7) is 4.25. The number of benzene rings is 2. The number of hydrogen-bond donors (Lipinski definition) is 0. The van der Waals surface area contributed by atoms with Crippen molar-refractivity contribution >= 4 is 32.7 Å². The summed E-state index contributed by atoms with van der Waals surface area (Å²) < 4.78 is 2.12. The molecule has 0 aliphatic heterocycles. The van der Waals surface area contributed by atoms with Crippen LogP contribution in [-0.2, 0) is 0 Å². The molecular weight excluding hydrogens is 312 g/mol. The fourth-order valence-corrected chi connectivity index (χ4v) is 2.80. The molecule has 0 spiro atoms. The summed E-state index contributed by atoms with van der Waals surface area (Å²) in [6.07, 6.45) is 1.88. The lowest BCUT2D eigenvalue weighted by molar-refractivity contribution is 1.12. The predicted octanol–water partition coefficient (Wildman–Crippen LogP) is 4.89. The zero-order valence-electron chi connectivity index (χ0n) is 11.5. The van der Waals surface area contributed by atoms with Crippen molar-refractivity contribution in [3.8, 4) is 0 Å². The molecule has 1 heterocycles. The fourth-order valence-electron chi connectivity index (χ4n) is 2.32. The Hall–Kier alpha value is -1.87. The van der Waals surface area contributed by atoms with E-state index in [-0.39, 0.29) is 0 Å². The highest BCUT2D eigenvalue weighted by molar-refractivity contribution is 9.11. The van der Waals surface area contributed by atoms with Gasteiger partial charge in [0.2, 0.25) is 0 Å². The van der Waals surface area contributed by atoms with Crippen LogP contribution in [-0.4, -0.2) is 9.55 Å². The van der Waals surface area contributed by atoms with E-state index < -0.39 is 0 Å². The lowest BCUT2D eigenvalue weighted by Gasteiger charge is -2.10. The molecule has 0 radical (unpaired) electrons. The Morgan fingerprint density at radius 3 is 2.50 bits per heavy atom. The minimum Gasteiger partial charge on any atom is -0.298 e. The van der Waals surface area contributed by atoms with E-state index in [9.17, 15) is 0 Å². The van der Waals surface area contributed by atoms with Gasteiger partial charge in [0.15, 0.2) is 0 Å². The fraction of sp³-hybridized carbons (Fsp3) is 0.118. The third-order valence-corrected chi connectivity index (χ3v) is 4.03. The van der Waals surface area contributed by atoms with Crippen molar-refractivity contribution in [1.82, 2.24) is 9.55 Å². The second kappa shape index (κ2) is 5.25. The summed E-state index contributed by atoms with van der Waals surface area (Å²) in [7, 11) is 0. The number of nitrogens with zero attached hydrogens (tertiary/aromatic N) is 2. The second-order valence-electron chi connectivity index (χ2n) is 4.90.